The van der Waals surface area contributed by atoms with E-state index in [0.717, 1.165) is 0 Å². The molecular weight excluding hydrogens is 261 g/mol. The summed E-state index contributed by atoms with van der Waals surface area (Å²) in [6.45, 7) is 1.73. The summed E-state index contributed by atoms with van der Waals surface area (Å²) in [4.78, 5) is 15.9. The molecule has 0 saturated carbocycles. The second-order valence-electron chi connectivity index (χ2n) is 3.90. The maximum atomic E-state index is 12.0. The molecule has 2 rings (SSSR count). The summed E-state index contributed by atoms with van der Waals surface area (Å²) in [5.74, 6) is 0.218. The van der Waals surface area contributed by atoms with Crippen LogP contribution in [0.4, 0.5) is 0 Å². The van der Waals surface area contributed by atoms with Gasteiger partial charge in [-0.2, -0.15) is 0 Å². The Bertz CT molecular complexity index is 515. The van der Waals surface area contributed by atoms with Crippen molar-refractivity contribution in [2.24, 2.45) is 4.99 Å². The van der Waals surface area contributed by atoms with Gasteiger partial charge in [-0.15, -0.1) is 0 Å². The van der Waals surface area contributed by atoms with E-state index in [1.54, 1.807) is 32.2 Å². The molecule has 1 aliphatic heterocycles. The van der Waals surface area contributed by atoms with Crippen LogP contribution in [0.5, 0.6) is 0 Å². The van der Waals surface area contributed by atoms with Crippen LogP contribution in [0.3, 0.4) is 0 Å². The lowest BCUT2D eigenvalue weighted by Crippen LogP contribution is -2.41. The molecule has 1 fully saturated rings. The number of hydrogen-bond acceptors (Lipinski definition) is 2. The van der Waals surface area contributed by atoms with Crippen molar-refractivity contribution in [1.82, 2.24) is 10.6 Å². The van der Waals surface area contributed by atoms with Crippen LogP contribution in [-0.2, 0) is 10.3 Å². The van der Waals surface area contributed by atoms with E-state index in [4.69, 9.17) is 23.2 Å². The quantitative estimate of drug-likeness (QED) is 0.820. The van der Waals surface area contributed by atoms with Gasteiger partial charge < -0.3 is 5.32 Å². The van der Waals surface area contributed by atoms with E-state index in [1.165, 1.54) is 0 Å². The van der Waals surface area contributed by atoms with Gasteiger partial charge in [-0.3, -0.25) is 15.1 Å². The largest absolute Gasteiger partial charge is 0.338 e. The van der Waals surface area contributed by atoms with E-state index in [1.807, 2.05) is 0 Å². The van der Waals surface area contributed by atoms with E-state index in [-0.39, 0.29) is 5.91 Å². The summed E-state index contributed by atoms with van der Waals surface area (Å²) in [5.41, 5.74) is -0.320. The maximum absolute atomic E-state index is 12.0. The Morgan fingerprint density at radius 2 is 2.06 bits per heavy atom. The molecule has 1 atom stereocenters. The molecule has 0 aliphatic carbocycles. The molecule has 1 aromatic carbocycles. The SMILES string of the molecule is CN=C1NC(=O)C(C)(c2cc(Cl)ccc2Cl)N1. The predicted molar refractivity (Wildman–Crippen MR) is 68.5 cm³/mol. The number of carbonyl (C=O) groups excluding carboxylic acids is 1. The lowest BCUT2D eigenvalue weighted by molar-refractivity contribution is -0.123. The topological polar surface area (TPSA) is 53.5 Å². The highest BCUT2D eigenvalue weighted by Gasteiger charge is 2.43. The molecule has 1 amide bonds. The molecule has 6 heteroatoms. The Labute approximate surface area is 109 Å². The maximum Gasteiger partial charge on any atom is 0.256 e. The average Bonchev–Trinajstić information content (AvgIpc) is 2.59. The third-order valence-corrected chi connectivity index (χ3v) is 3.31. The molecule has 1 aromatic rings. The predicted octanol–water partition coefficient (Wildman–Crippen LogP) is 1.91. The number of guanidine groups is 1. The van der Waals surface area contributed by atoms with Gasteiger partial charge >= 0.3 is 0 Å². The second-order valence-corrected chi connectivity index (χ2v) is 4.74. The van der Waals surface area contributed by atoms with Crippen molar-refractivity contribution in [3.63, 3.8) is 0 Å². The smallest absolute Gasteiger partial charge is 0.256 e. The summed E-state index contributed by atoms with van der Waals surface area (Å²) in [6.07, 6.45) is 0. The first-order valence-corrected chi connectivity index (χ1v) is 5.75. The first-order chi connectivity index (χ1) is 7.97. The van der Waals surface area contributed by atoms with Gasteiger partial charge in [0.15, 0.2) is 5.96 Å². The van der Waals surface area contributed by atoms with Crippen LogP contribution in [0.2, 0.25) is 10.0 Å². The Morgan fingerprint density at radius 3 is 2.65 bits per heavy atom. The van der Waals surface area contributed by atoms with Gasteiger partial charge in [0.25, 0.3) is 5.91 Å². The molecule has 1 unspecified atom stereocenters. The molecule has 0 aromatic heterocycles. The number of hydrogen-bond donors (Lipinski definition) is 2. The fourth-order valence-corrected chi connectivity index (χ4v) is 2.22. The highest BCUT2D eigenvalue weighted by Crippen LogP contribution is 2.32. The van der Waals surface area contributed by atoms with Crippen molar-refractivity contribution in [1.29, 1.82) is 0 Å². The number of halogens is 2. The van der Waals surface area contributed by atoms with Crippen molar-refractivity contribution < 1.29 is 4.79 Å². The zero-order chi connectivity index (χ0) is 12.6. The highest BCUT2D eigenvalue weighted by molar-refractivity contribution is 6.34. The van der Waals surface area contributed by atoms with Crippen molar-refractivity contribution >= 4 is 35.1 Å². The monoisotopic (exact) mass is 271 g/mol. The average molecular weight is 272 g/mol. The van der Waals surface area contributed by atoms with Crippen LogP contribution >= 0.6 is 23.2 Å². The van der Waals surface area contributed by atoms with Gasteiger partial charge in [0.2, 0.25) is 0 Å². The van der Waals surface area contributed by atoms with Gasteiger partial charge in [-0.1, -0.05) is 23.2 Å². The molecule has 0 spiro atoms. The first kappa shape index (κ1) is 12.2. The van der Waals surface area contributed by atoms with Crippen LogP contribution in [0.15, 0.2) is 23.2 Å². The number of benzene rings is 1. The van der Waals surface area contributed by atoms with Gasteiger partial charge in [0.05, 0.1) is 0 Å². The molecule has 1 heterocycles. The number of rotatable bonds is 1. The van der Waals surface area contributed by atoms with Gasteiger partial charge in [0, 0.05) is 22.7 Å². The minimum absolute atomic E-state index is 0.206. The molecule has 90 valence electrons. The summed E-state index contributed by atoms with van der Waals surface area (Å²) in [6, 6.07) is 5.02. The van der Waals surface area contributed by atoms with Gasteiger partial charge in [0.1, 0.15) is 5.54 Å². The fraction of sp³-hybridized carbons (Fsp3) is 0.273. The number of amides is 1. The van der Waals surface area contributed by atoms with Crippen molar-refractivity contribution in [3.8, 4) is 0 Å². The van der Waals surface area contributed by atoms with Gasteiger partial charge in [-0.05, 0) is 25.1 Å². The second kappa shape index (κ2) is 4.20. The Hall–Kier alpha value is -1.26. The number of nitrogens with zero attached hydrogens (tertiary/aromatic N) is 1. The van der Waals surface area contributed by atoms with Crippen LogP contribution in [0, 0.1) is 0 Å². The van der Waals surface area contributed by atoms with E-state index in [0.29, 0.717) is 21.6 Å². The summed E-state index contributed by atoms with van der Waals surface area (Å²) in [7, 11) is 1.59. The first-order valence-electron chi connectivity index (χ1n) is 4.99. The lowest BCUT2D eigenvalue weighted by Gasteiger charge is -2.23. The Balaban J connectivity index is 2.52. The van der Waals surface area contributed by atoms with Crippen LogP contribution in [-0.4, -0.2) is 18.9 Å². The Kier molecular flexibility index (Phi) is 3.02. The van der Waals surface area contributed by atoms with E-state index < -0.39 is 5.54 Å². The van der Waals surface area contributed by atoms with Crippen LogP contribution < -0.4 is 10.6 Å². The van der Waals surface area contributed by atoms with E-state index >= 15 is 0 Å². The summed E-state index contributed by atoms with van der Waals surface area (Å²) >= 11 is 12.0. The third kappa shape index (κ3) is 1.98. The zero-order valence-electron chi connectivity index (χ0n) is 9.34. The van der Waals surface area contributed by atoms with Gasteiger partial charge in [-0.25, -0.2) is 0 Å². The number of aliphatic imine (C=N–C) groups is 1. The standard InChI is InChI=1S/C11H11Cl2N3O/c1-11(9(17)15-10(14-2)16-11)7-5-6(12)3-4-8(7)13/h3-5H,1-2H3,(H2,14,15,16,17). The summed E-state index contributed by atoms with van der Waals surface area (Å²) < 4.78 is 0. The molecule has 4 nitrogen and oxygen atoms in total. The zero-order valence-corrected chi connectivity index (χ0v) is 10.9. The normalized spacial score (nSPS) is 25.9. The molecule has 1 saturated heterocycles. The molecule has 0 bridgehead atoms. The molecule has 0 radical (unpaired) electrons. The summed E-state index contributed by atoms with van der Waals surface area (Å²) in [5, 5.41) is 6.65. The Morgan fingerprint density at radius 1 is 1.35 bits per heavy atom. The number of nitrogens with one attached hydrogen (secondary N) is 2. The highest BCUT2D eigenvalue weighted by atomic mass is 35.5. The van der Waals surface area contributed by atoms with Crippen LogP contribution in [0.1, 0.15) is 12.5 Å². The molecule has 17 heavy (non-hydrogen) atoms. The van der Waals surface area contributed by atoms with Crippen molar-refractivity contribution in [2.45, 2.75) is 12.5 Å². The van der Waals surface area contributed by atoms with E-state index in [2.05, 4.69) is 15.6 Å². The fourth-order valence-electron chi connectivity index (χ4n) is 1.74. The molecule has 1 aliphatic rings. The van der Waals surface area contributed by atoms with Crippen molar-refractivity contribution in [3.05, 3.63) is 33.8 Å². The molecular formula is C11H11Cl2N3O. The lowest BCUT2D eigenvalue weighted by atomic mass is 9.92. The minimum Gasteiger partial charge on any atom is -0.338 e. The molecule has 2 N–H and O–H groups in total. The van der Waals surface area contributed by atoms with Crippen molar-refractivity contribution in [2.75, 3.05) is 7.05 Å². The van der Waals surface area contributed by atoms with E-state index in [9.17, 15) is 4.79 Å². The minimum atomic E-state index is -0.948. The van der Waals surface area contributed by atoms with Crippen LogP contribution in [0.25, 0.3) is 0 Å². The number of carbonyl (C=O) groups is 1. The third-order valence-electron chi connectivity index (χ3n) is 2.75.